The van der Waals surface area contributed by atoms with Gasteiger partial charge < -0.3 is 0 Å². The molecule has 2 heteroatoms. The van der Waals surface area contributed by atoms with Crippen molar-refractivity contribution >= 4 is 21.5 Å². The largest absolute Gasteiger partial charge is 0.228 e. The zero-order chi connectivity index (χ0) is 39.5. The highest BCUT2D eigenvalue weighted by Crippen LogP contribution is 2.49. The Hall–Kier alpha value is -7.42. The highest BCUT2D eigenvalue weighted by molar-refractivity contribution is 6.05. The molecule has 10 aromatic rings. The van der Waals surface area contributed by atoms with Gasteiger partial charge in [0.05, 0.1) is 11.4 Å². The molecule has 1 aromatic heterocycles. The second-order valence-electron chi connectivity index (χ2n) is 16.2. The molecule has 0 bridgehead atoms. The lowest BCUT2D eigenvalue weighted by atomic mass is 9.82. The lowest BCUT2D eigenvalue weighted by Crippen LogP contribution is -2.14. The van der Waals surface area contributed by atoms with Crippen LogP contribution in [0.15, 0.2) is 206 Å². The summed E-state index contributed by atoms with van der Waals surface area (Å²) in [6.45, 7) is 4.67. The molecule has 2 nitrogen and oxygen atoms in total. The average molecular weight is 753 g/mol. The van der Waals surface area contributed by atoms with Crippen LogP contribution >= 0.6 is 0 Å². The van der Waals surface area contributed by atoms with Crippen molar-refractivity contribution in [3.05, 3.63) is 217 Å². The SMILES string of the molecule is CC1(C)c2ccccc2-c2cc(-c3cccc(-c4ccc(-c5cc(-c6cccc(-c7ccc8ccccc8c7)c6)nc(-c6ccccc6)n5)c5ccccc45)c3)ccc21. The first kappa shape index (κ1) is 34.8. The molecule has 0 radical (unpaired) electrons. The molecule has 0 spiro atoms. The first-order chi connectivity index (χ1) is 29.0. The highest BCUT2D eigenvalue weighted by atomic mass is 14.9. The van der Waals surface area contributed by atoms with Gasteiger partial charge in [-0.2, -0.15) is 0 Å². The minimum absolute atomic E-state index is 0.0127. The summed E-state index contributed by atoms with van der Waals surface area (Å²) in [4.78, 5) is 10.5. The summed E-state index contributed by atoms with van der Waals surface area (Å²) in [6, 6.07) is 74.5. The molecule has 0 amide bonds. The minimum Gasteiger partial charge on any atom is -0.228 e. The number of hydrogen-bond acceptors (Lipinski definition) is 2. The van der Waals surface area contributed by atoms with Gasteiger partial charge in [-0.1, -0.05) is 190 Å². The lowest BCUT2D eigenvalue weighted by molar-refractivity contribution is 0.660. The van der Waals surface area contributed by atoms with E-state index in [2.05, 4.69) is 202 Å². The fourth-order valence-electron chi connectivity index (χ4n) is 9.22. The number of aromatic nitrogens is 2. The van der Waals surface area contributed by atoms with Crippen molar-refractivity contribution in [2.75, 3.05) is 0 Å². The molecule has 0 N–H and O–H groups in total. The molecule has 0 atom stereocenters. The van der Waals surface area contributed by atoms with Crippen LogP contribution in [0.1, 0.15) is 25.0 Å². The van der Waals surface area contributed by atoms with E-state index in [4.69, 9.17) is 9.97 Å². The Labute approximate surface area is 345 Å². The lowest BCUT2D eigenvalue weighted by Gasteiger charge is -2.21. The molecule has 9 aromatic carbocycles. The van der Waals surface area contributed by atoms with Crippen LogP contribution in [0, 0.1) is 0 Å². The third-order valence-electron chi connectivity index (χ3n) is 12.3. The number of rotatable bonds is 6. The van der Waals surface area contributed by atoms with E-state index in [1.807, 2.05) is 18.2 Å². The predicted molar refractivity (Wildman–Crippen MR) is 247 cm³/mol. The van der Waals surface area contributed by atoms with Gasteiger partial charge in [0, 0.05) is 22.1 Å². The number of benzene rings is 9. The summed E-state index contributed by atoms with van der Waals surface area (Å²) < 4.78 is 0. The van der Waals surface area contributed by atoms with Gasteiger partial charge in [-0.25, -0.2) is 9.97 Å². The summed E-state index contributed by atoms with van der Waals surface area (Å²) >= 11 is 0. The third-order valence-corrected chi connectivity index (χ3v) is 12.3. The van der Waals surface area contributed by atoms with Crippen molar-refractivity contribution in [1.29, 1.82) is 0 Å². The molecule has 278 valence electrons. The zero-order valence-electron chi connectivity index (χ0n) is 33.0. The van der Waals surface area contributed by atoms with E-state index in [9.17, 15) is 0 Å². The van der Waals surface area contributed by atoms with E-state index in [1.54, 1.807) is 0 Å². The Morgan fingerprint density at radius 1 is 0.305 bits per heavy atom. The third kappa shape index (κ3) is 6.04. The number of fused-ring (bicyclic) bond motifs is 5. The van der Waals surface area contributed by atoms with Crippen LogP contribution in [0.5, 0.6) is 0 Å². The Morgan fingerprint density at radius 2 is 0.864 bits per heavy atom. The predicted octanol–water partition coefficient (Wildman–Crippen LogP) is 15.1. The van der Waals surface area contributed by atoms with Gasteiger partial charge in [0.25, 0.3) is 0 Å². The molecule has 0 fully saturated rings. The van der Waals surface area contributed by atoms with Crippen LogP contribution in [0.2, 0.25) is 0 Å². The van der Waals surface area contributed by atoms with Gasteiger partial charge >= 0.3 is 0 Å². The summed E-state index contributed by atoms with van der Waals surface area (Å²) in [7, 11) is 0. The zero-order valence-corrected chi connectivity index (χ0v) is 33.0. The highest BCUT2D eigenvalue weighted by Gasteiger charge is 2.35. The van der Waals surface area contributed by atoms with E-state index in [0.717, 1.165) is 39.0 Å². The van der Waals surface area contributed by atoms with E-state index in [0.29, 0.717) is 5.82 Å². The molecule has 1 aliphatic carbocycles. The van der Waals surface area contributed by atoms with Crippen LogP contribution in [-0.2, 0) is 5.41 Å². The van der Waals surface area contributed by atoms with Gasteiger partial charge in [-0.05, 0) is 108 Å². The monoisotopic (exact) mass is 752 g/mol. The Morgan fingerprint density at radius 3 is 1.69 bits per heavy atom. The Kier molecular flexibility index (Phi) is 8.20. The van der Waals surface area contributed by atoms with Crippen LogP contribution in [0.25, 0.3) is 100.0 Å². The standard InChI is InChI=1S/C57H40N2/c1-57(2)52-25-11-10-24-49(52)51-35-43(28-31-53(51)57)40-18-12-20-44(33-40)46-29-30-50(48-23-9-8-22-47(46)48)55-36-54(58-56(59-55)38-15-4-3-5-16-38)45-21-13-19-41(34-45)42-27-26-37-14-6-7-17-39(37)32-42/h3-36H,1-2H3. The second kappa shape index (κ2) is 13.9. The van der Waals surface area contributed by atoms with Crippen LogP contribution in [0.3, 0.4) is 0 Å². The molecule has 1 aliphatic rings. The first-order valence-electron chi connectivity index (χ1n) is 20.4. The topological polar surface area (TPSA) is 25.8 Å². The number of nitrogens with zero attached hydrogens (tertiary/aromatic N) is 2. The maximum Gasteiger partial charge on any atom is 0.160 e. The summed E-state index contributed by atoms with van der Waals surface area (Å²) in [5, 5.41) is 4.81. The number of hydrogen-bond donors (Lipinski definition) is 0. The normalized spacial score (nSPS) is 12.7. The van der Waals surface area contributed by atoms with Crippen LogP contribution < -0.4 is 0 Å². The fraction of sp³-hybridized carbons (Fsp3) is 0.0526. The van der Waals surface area contributed by atoms with E-state index in [-0.39, 0.29) is 5.41 Å². The molecule has 0 saturated heterocycles. The van der Waals surface area contributed by atoms with Crippen molar-refractivity contribution in [3.63, 3.8) is 0 Å². The van der Waals surface area contributed by atoms with Crippen molar-refractivity contribution in [3.8, 4) is 78.4 Å². The quantitative estimate of drug-likeness (QED) is 0.169. The summed E-state index contributed by atoms with van der Waals surface area (Å²) in [6.07, 6.45) is 0. The van der Waals surface area contributed by atoms with Gasteiger partial charge in [0.2, 0.25) is 0 Å². The molecule has 0 aliphatic heterocycles. The first-order valence-corrected chi connectivity index (χ1v) is 20.4. The fourth-order valence-corrected chi connectivity index (χ4v) is 9.22. The second-order valence-corrected chi connectivity index (χ2v) is 16.2. The molecular formula is C57H40N2. The van der Waals surface area contributed by atoms with Crippen molar-refractivity contribution in [1.82, 2.24) is 9.97 Å². The Balaban J connectivity index is 1.01. The maximum atomic E-state index is 5.26. The van der Waals surface area contributed by atoms with Crippen molar-refractivity contribution < 1.29 is 0 Å². The van der Waals surface area contributed by atoms with Gasteiger partial charge in [-0.15, -0.1) is 0 Å². The Bertz CT molecular complexity index is 3250. The van der Waals surface area contributed by atoms with Gasteiger partial charge in [-0.3, -0.25) is 0 Å². The molecule has 59 heavy (non-hydrogen) atoms. The summed E-state index contributed by atoms with van der Waals surface area (Å²) in [5.41, 5.74) is 17.5. The van der Waals surface area contributed by atoms with Crippen molar-refractivity contribution in [2.45, 2.75) is 19.3 Å². The molecule has 11 rings (SSSR count). The van der Waals surface area contributed by atoms with Gasteiger partial charge in [0.1, 0.15) is 0 Å². The van der Waals surface area contributed by atoms with Crippen LogP contribution in [0.4, 0.5) is 0 Å². The minimum atomic E-state index is -0.0127. The molecular weight excluding hydrogens is 713 g/mol. The van der Waals surface area contributed by atoms with E-state index in [1.165, 1.54) is 66.2 Å². The van der Waals surface area contributed by atoms with E-state index < -0.39 is 0 Å². The van der Waals surface area contributed by atoms with Crippen LogP contribution in [-0.4, -0.2) is 9.97 Å². The van der Waals surface area contributed by atoms with Gasteiger partial charge in [0.15, 0.2) is 5.82 Å². The molecule has 0 saturated carbocycles. The molecule has 0 unspecified atom stereocenters. The molecule has 1 heterocycles. The smallest absolute Gasteiger partial charge is 0.160 e. The van der Waals surface area contributed by atoms with E-state index >= 15 is 0 Å². The summed E-state index contributed by atoms with van der Waals surface area (Å²) in [5.74, 6) is 0.704. The van der Waals surface area contributed by atoms with Crippen molar-refractivity contribution in [2.24, 2.45) is 0 Å². The average Bonchev–Trinajstić information content (AvgIpc) is 3.53. The maximum absolute atomic E-state index is 5.26.